The van der Waals surface area contributed by atoms with Crippen molar-refractivity contribution >= 4 is 5.91 Å². The number of aliphatic hydroxyl groups is 1. The number of nitrogens with one attached hydrogen (secondary N) is 1. The average molecular weight is 239 g/mol. The van der Waals surface area contributed by atoms with Crippen molar-refractivity contribution in [3.8, 4) is 0 Å². The Bertz CT molecular complexity index is 396. The highest BCUT2D eigenvalue weighted by Gasteiger charge is 2.28. The molecule has 2 N–H and O–H groups in total. The van der Waals surface area contributed by atoms with Crippen molar-refractivity contribution in [2.75, 3.05) is 0 Å². The average Bonchev–Trinajstić information content (AvgIpc) is 2.56. The van der Waals surface area contributed by atoms with Crippen LogP contribution in [0.5, 0.6) is 0 Å². The van der Waals surface area contributed by atoms with Gasteiger partial charge in [0.25, 0.3) is 5.91 Å². The number of rotatable bonds is 5. The lowest BCUT2D eigenvalue weighted by atomic mass is 10.00. The molecule has 1 amide bonds. The van der Waals surface area contributed by atoms with E-state index >= 15 is 0 Å². The quantitative estimate of drug-likeness (QED) is 0.802. The zero-order chi connectivity index (χ0) is 13.1. The smallest absolute Gasteiger partial charge is 0.251 e. The van der Waals surface area contributed by atoms with E-state index in [1.807, 2.05) is 20.9 Å². The number of amides is 1. The Kier molecular flexibility index (Phi) is 4.28. The standard InChI is InChI=1S/C12H21N3O2/c1-5-6-12(3,17)11(16)13-7-10-8-14-15(4)9(10)2/h8,17H,5-7H2,1-4H3,(H,13,16). The Hall–Kier alpha value is -1.36. The molecule has 0 aliphatic heterocycles. The van der Waals surface area contributed by atoms with Crippen LogP contribution in [-0.4, -0.2) is 26.4 Å². The molecule has 1 atom stereocenters. The minimum Gasteiger partial charge on any atom is -0.380 e. The van der Waals surface area contributed by atoms with Gasteiger partial charge in [-0.05, 0) is 20.3 Å². The van der Waals surface area contributed by atoms with Crippen molar-refractivity contribution in [2.24, 2.45) is 7.05 Å². The number of nitrogens with zero attached hydrogens (tertiary/aromatic N) is 2. The Balaban J connectivity index is 2.57. The molecule has 1 aromatic heterocycles. The molecule has 0 radical (unpaired) electrons. The Morgan fingerprint density at radius 2 is 2.29 bits per heavy atom. The van der Waals surface area contributed by atoms with Gasteiger partial charge in [0.2, 0.25) is 0 Å². The molecule has 0 saturated carbocycles. The molecule has 0 bridgehead atoms. The summed E-state index contributed by atoms with van der Waals surface area (Å²) in [7, 11) is 1.86. The number of carbonyl (C=O) groups excluding carboxylic acids is 1. The normalized spacial score (nSPS) is 14.4. The van der Waals surface area contributed by atoms with Crippen molar-refractivity contribution in [1.29, 1.82) is 0 Å². The molecular formula is C12H21N3O2. The van der Waals surface area contributed by atoms with E-state index in [1.54, 1.807) is 17.8 Å². The summed E-state index contributed by atoms with van der Waals surface area (Å²) in [6.45, 7) is 5.83. The highest BCUT2D eigenvalue weighted by molar-refractivity contribution is 5.84. The van der Waals surface area contributed by atoms with E-state index in [1.165, 1.54) is 0 Å². The first kappa shape index (κ1) is 13.7. The van der Waals surface area contributed by atoms with Crippen LogP contribution in [0.4, 0.5) is 0 Å². The van der Waals surface area contributed by atoms with Crippen molar-refractivity contribution in [1.82, 2.24) is 15.1 Å². The van der Waals surface area contributed by atoms with E-state index in [-0.39, 0.29) is 5.91 Å². The van der Waals surface area contributed by atoms with Crippen LogP contribution >= 0.6 is 0 Å². The summed E-state index contributed by atoms with van der Waals surface area (Å²) in [5.41, 5.74) is 0.693. The van der Waals surface area contributed by atoms with E-state index in [9.17, 15) is 9.90 Å². The molecule has 5 heteroatoms. The summed E-state index contributed by atoms with van der Waals surface area (Å²) in [5.74, 6) is -0.331. The third-order valence-corrected chi connectivity index (χ3v) is 3.00. The second-order valence-corrected chi connectivity index (χ2v) is 4.59. The van der Waals surface area contributed by atoms with Crippen molar-refractivity contribution in [2.45, 2.75) is 45.8 Å². The van der Waals surface area contributed by atoms with Gasteiger partial charge in [-0.2, -0.15) is 5.10 Å². The second kappa shape index (κ2) is 5.31. The fraction of sp³-hybridized carbons (Fsp3) is 0.667. The number of hydrogen-bond donors (Lipinski definition) is 2. The van der Waals surface area contributed by atoms with Crippen LogP contribution < -0.4 is 5.32 Å². The Morgan fingerprint density at radius 1 is 1.65 bits per heavy atom. The predicted octanol–water partition coefficient (Wildman–Crippen LogP) is 0.896. The number of hydrogen-bond acceptors (Lipinski definition) is 3. The monoisotopic (exact) mass is 239 g/mol. The summed E-state index contributed by atoms with van der Waals surface area (Å²) in [5, 5.41) is 16.7. The zero-order valence-electron chi connectivity index (χ0n) is 10.9. The van der Waals surface area contributed by atoms with Gasteiger partial charge in [0, 0.05) is 24.8 Å². The number of aromatic nitrogens is 2. The Morgan fingerprint density at radius 3 is 2.76 bits per heavy atom. The summed E-state index contributed by atoms with van der Waals surface area (Å²) < 4.78 is 1.76. The van der Waals surface area contributed by atoms with Gasteiger partial charge in [-0.1, -0.05) is 13.3 Å². The van der Waals surface area contributed by atoms with E-state index in [2.05, 4.69) is 10.4 Å². The second-order valence-electron chi connectivity index (χ2n) is 4.59. The molecule has 0 aliphatic carbocycles. The number of aryl methyl sites for hydroxylation is 1. The van der Waals surface area contributed by atoms with Gasteiger partial charge in [0.15, 0.2) is 0 Å². The molecule has 96 valence electrons. The highest BCUT2D eigenvalue weighted by atomic mass is 16.3. The maximum atomic E-state index is 11.8. The van der Waals surface area contributed by atoms with Crippen molar-refractivity contribution in [3.05, 3.63) is 17.5 Å². The van der Waals surface area contributed by atoms with E-state index < -0.39 is 5.60 Å². The van der Waals surface area contributed by atoms with Crippen LogP contribution in [0.1, 0.15) is 37.9 Å². The van der Waals surface area contributed by atoms with Crippen LogP contribution in [0.2, 0.25) is 0 Å². The molecule has 17 heavy (non-hydrogen) atoms. The maximum absolute atomic E-state index is 11.8. The van der Waals surface area contributed by atoms with E-state index in [4.69, 9.17) is 0 Å². The summed E-state index contributed by atoms with van der Waals surface area (Å²) >= 11 is 0. The summed E-state index contributed by atoms with van der Waals surface area (Å²) in [4.78, 5) is 11.8. The van der Waals surface area contributed by atoms with Gasteiger partial charge in [-0.25, -0.2) is 0 Å². The van der Waals surface area contributed by atoms with Crippen LogP contribution in [0.15, 0.2) is 6.20 Å². The molecule has 1 heterocycles. The number of carbonyl (C=O) groups is 1. The summed E-state index contributed by atoms with van der Waals surface area (Å²) in [6.07, 6.45) is 2.96. The lowest BCUT2D eigenvalue weighted by Gasteiger charge is -2.21. The molecule has 1 rings (SSSR count). The Labute approximate surface area is 102 Å². The molecule has 1 aromatic rings. The van der Waals surface area contributed by atoms with Gasteiger partial charge in [0.1, 0.15) is 5.60 Å². The SMILES string of the molecule is CCCC(C)(O)C(=O)NCc1cnn(C)c1C. The van der Waals surface area contributed by atoms with Crippen molar-refractivity contribution < 1.29 is 9.90 Å². The molecule has 0 spiro atoms. The van der Waals surface area contributed by atoms with Gasteiger partial charge in [-0.15, -0.1) is 0 Å². The molecule has 0 aliphatic rings. The molecule has 0 saturated heterocycles. The van der Waals surface area contributed by atoms with Gasteiger partial charge in [-0.3, -0.25) is 9.48 Å². The summed E-state index contributed by atoms with van der Waals surface area (Å²) in [6, 6.07) is 0. The first-order valence-corrected chi connectivity index (χ1v) is 5.86. The zero-order valence-corrected chi connectivity index (χ0v) is 10.9. The first-order chi connectivity index (χ1) is 7.88. The first-order valence-electron chi connectivity index (χ1n) is 5.86. The highest BCUT2D eigenvalue weighted by Crippen LogP contribution is 2.12. The molecule has 1 unspecified atom stereocenters. The predicted molar refractivity (Wildman–Crippen MR) is 65.3 cm³/mol. The maximum Gasteiger partial charge on any atom is 0.251 e. The van der Waals surface area contributed by atoms with Crippen LogP contribution in [-0.2, 0) is 18.4 Å². The fourth-order valence-corrected chi connectivity index (χ4v) is 1.68. The van der Waals surface area contributed by atoms with Crippen LogP contribution in [0, 0.1) is 6.92 Å². The minimum absolute atomic E-state index is 0.331. The topological polar surface area (TPSA) is 67.2 Å². The van der Waals surface area contributed by atoms with Crippen LogP contribution in [0.25, 0.3) is 0 Å². The third-order valence-electron chi connectivity index (χ3n) is 3.00. The largest absolute Gasteiger partial charge is 0.380 e. The van der Waals surface area contributed by atoms with Gasteiger partial charge >= 0.3 is 0 Å². The third kappa shape index (κ3) is 3.30. The lowest BCUT2D eigenvalue weighted by Crippen LogP contribution is -2.44. The van der Waals surface area contributed by atoms with Gasteiger partial charge < -0.3 is 10.4 Å². The minimum atomic E-state index is -1.29. The fourth-order valence-electron chi connectivity index (χ4n) is 1.68. The molecule has 5 nitrogen and oxygen atoms in total. The van der Waals surface area contributed by atoms with Crippen LogP contribution in [0.3, 0.4) is 0 Å². The van der Waals surface area contributed by atoms with E-state index in [0.29, 0.717) is 13.0 Å². The van der Waals surface area contributed by atoms with Crippen molar-refractivity contribution in [3.63, 3.8) is 0 Å². The molecule has 0 fully saturated rings. The van der Waals surface area contributed by atoms with E-state index in [0.717, 1.165) is 17.7 Å². The molecule has 0 aromatic carbocycles. The van der Waals surface area contributed by atoms with Gasteiger partial charge in [0.05, 0.1) is 6.20 Å². The molecular weight excluding hydrogens is 218 g/mol. The lowest BCUT2D eigenvalue weighted by molar-refractivity contribution is -0.138.